The van der Waals surface area contributed by atoms with E-state index in [-0.39, 0.29) is 17.2 Å². The van der Waals surface area contributed by atoms with Crippen molar-refractivity contribution in [2.75, 3.05) is 41.5 Å². The third kappa shape index (κ3) is 4.50. The molecule has 2 aliphatic rings. The lowest BCUT2D eigenvalue weighted by molar-refractivity contribution is -0.133. The molecule has 1 aromatic carbocycles. The standard InChI is InChI=1S/C23H31N3O4S/c1-25(13-17-14-31-15-24-17)22(27)18-11-23(18)5-7-26(8-6-23)12-16-9-20(29-3)21(30-4)10-19(16)28-2/h9-10,14-15,18H,5-8,11-13H2,1-4H3/t18-/m1/s1. The molecule has 1 amide bonds. The van der Waals surface area contributed by atoms with E-state index in [9.17, 15) is 4.79 Å². The molecule has 7 nitrogen and oxygen atoms in total. The van der Waals surface area contributed by atoms with Crippen molar-refractivity contribution in [2.45, 2.75) is 32.4 Å². The lowest BCUT2D eigenvalue weighted by atomic mass is 9.90. The van der Waals surface area contributed by atoms with Gasteiger partial charge in [0.25, 0.3) is 0 Å². The van der Waals surface area contributed by atoms with E-state index in [2.05, 4.69) is 9.88 Å². The van der Waals surface area contributed by atoms with Gasteiger partial charge in [-0.25, -0.2) is 4.98 Å². The number of amides is 1. The quantitative estimate of drug-likeness (QED) is 0.620. The molecule has 1 aliphatic carbocycles. The number of hydrogen-bond acceptors (Lipinski definition) is 7. The van der Waals surface area contributed by atoms with E-state index >= 15 is 0 Å². The van der Waals surface area contributed by atoms with Crippen LogP contribution in [-0.4, -0.2) is 62.2 Å². The van der Waals surface area contributed by atoms with Crippen molar-refractivity contribution in [3.8, 4) is 17.2 Å². The van der Waals surface area contributed by atoms with Crippen molar-refractivity contribution in [3.63, 3.8) is 0 Å². The largest absolute Gasteiger partial charge is 0.496 e. The summed E-state index contributed by atoms with van der Waals surface area (Å²) in [6.45, 7) is 3.36. The third-order valence-electron chi connectivity index (χ3n) is 6.78. The van der Waals surface area contributed by atoms with Gasteiger partial charge in [0.1, 0.15) is 5.75 Å². The molecule has 0 bridgehead atoms. The number of aromatic nitrogens is 1. The van der Waals surface area contributed by atoms with Crippen LogP contribution >= 0.6 is 11.3 Å². The van der Waals surface area contributed by atoms with Gasteiger partial charge in [0.05, 0.1) is 39.1 Å². The fraction of sp³-hybridized carbons (Fsp3) is 0.565. The minimum Gasteiger partial charge on any atom is -0.496 e. The number of methoxy groups -OCH3 is 3. The van der Waals surface area contributed by atoms with Crippen LogP contribution in [0, 0.1) is 11.3 Å². The molecule has 1 aliphatic heterocycles. The number of thiazole rings is 1. The summed E-state index contributed by atoms with van der Waals surface area (Å²) in [5, 5.41) is 2.01. The Balaban J connectivity index is 1.34. The van der Waals surface area contributed by atoms with Gasteiger partial charge in [-0.1, -0.05) is 0 Å². The number of hydrogen-bond donors (Lipinski definition) is 0. The van der Waals surface area contributed by atoms with Gasteiger partial charge in [0, 0.05) is 36.5 Å². The highest BCUT2D eigenvalue weighted by Gasteiger charge is 2.59. The van der Waals surface area contributed by atoms with E-state index in [1.165, 1.54) is 0 Å². The number of nitrogens with zero attached hydrogens (tertiary/aromatic N) is 3. The highest BCUT2D eigenvalue weighted by Crippen LogP contribution is 2.60. The molecule has 1 aromatic heterocycles. The molecule has 1 saturated heterocycles. The van der Waals surface area contributed by atoms with Gasteiger partial charge in [-0.05, 0) is 43.8 Å². The fourth-order valence-electron chi connectivity index (χ4n) is 4.77. The third-order valence-corrected chi connectivity index (χ3v) is 7.41. The number of likely N-dealkylation sites (tertiary alicyclic amines) is 1. The Hall–Kier alpha value is -2.32. The van der Waals surface area contributed by atoms with Crippen molar-refractivity contribution >= 4 is 17.2 Å². The Kier molecular flexibility index (Phi) is 6.39. The topological polar surface area (TPSA) is 64.1 Å². The molecule has 31 heavy (non-hydrogen) atoms. The molecule has 8 heteroatoms. The number of piperidine rings is 1. The smallest absolute Gasteiger partial charge is 0.226 e. The van der Waals surface area contributed by atoms with Crippen LogP contribution in [0.3, 0.4) is 0 Å². The first-order valence-electron chi connectivity index (χ1n) is 10.6. The van der Waals surface area contributed by atoms with Crippen molar-refractivity contribution in [3.05, 3.63) is 34.3 Å². The zero-order valence-electron chi connectivity index (χ0n) is 18.7. The maximum Gasteiger partial charge on any atom is 0.226 e. The normalized spacial score (nSPS) is 19.8. The summed E-state index contributed by atoms with van der Waals surface area (Å²) < 4.78 is 16.4. The molecule has 1 saturated carbocycles. The average Bonchev–Trinajstić information content (AvgIpc) is 3.22. The number of carbonyl (C=O) groups is 1. The van der Waals surface area contributed by atoms with E-state index in [0.717, 1.165) is 55.9 Å². The van der Waals surface area contributed by atoms with Crippen molar-refractivity contribution < 1.29 is 19.0 Å². The summed E-state index contributed by atoms with van der Waals surface area (Å²) >= 11 is 1.57. The van der Waals surface area contributed by atoms with Gasteiger partial charge in [-0.2, -0.15) is 0 Å². The van der Waals surface area contributed by atoms with E-state index in [1.807, 2.05) is 35.0 Å². The van der Waals surface area contributed by atoms with Crippen LogP contribution in [0.4, 0.5) is 0 Å². The summed E-state index contributed by atoms with van der Waals surface area (Å²) in [4.78, 5) is 21.5. The predicted octanol–water partition coefficient (Wildman–Crippen LogP) is 3.43. The Labute approximate surface area is 187 Å². The summed E-state index contributed by atoms with van der Waals surface area (Å²) in [6, 6.07) is 3.88. The minimum atomic E-state index is 0.161. The zero-order valence-corrected chi connectivity index (χ0v) is 19.5. The minimum absolute atomic E-state index is 0.161. The van der Waals surface area contributed by atoms with Crippen LogP contribution in [0.2, 0.25) is 0 Å². The van der Waals surface area contributed by atoms with E-state index in [0.29, 0.717) is 18.0 Å². The molecule has 0 radical (unpaired) electrons. The highest BCUT2D eigenvalue weighted by atomic mass is 32.1. The van der Waals surface area contributed by atoms with Crippen molar-refractivity contribution in [1.29, 1.82) is 0 Å². The lowest BCUT2D eigenvalue weighted by Crippen LogP contribution is -2.37. The van der Waals surface area contributed by atoms with Crippen LogP contribution in [0.5, 0.6) is 17.2 Å². The van der Waals surface area contributed by atoms with E-state index in [4.69, 9.17) is 14.2 Å². The predicted molar refractivity (Wildman–Crippen MR) is 120 cm³/mol. The molecular weight excluding hydrogens is 414 g/mol. The van der Waals surface area contributed by atoms with Crippen molar-refractivity contribution in [2.24, 2.45) is 11.3 Å². The number of rotatable bonds is 8. The van der Waals surface area contributed by atoms with Gasteiger partial charge in [-0.3, -0.25) is 9.69 Å². The number of carbonyl (C=O) groups excluding carboxylic acids is 1. The van der Waals surface area contributed by atoms with Gasteiger partial charge in [-0.15, -0.1) is 11.3 Å². The van der Waals surface area contributed by atoms with Crippen LogP contribution in [-0.2, 0) is 17.9 Å². The molecule has 1 atom stereocenters. The van der Waals surface area contributed by atoms with Gasteiger partial charge in [0.2, 0.25) is 5.91 Å². The molecule has 2 fully saturated rings. The van der Waals surface area contributed by atoms with Gasteiger partial charge >= 0.3 is 0 Å². The average molecular weight is 446 g/mol. The fourth-order valence-corrected chi connectivity index (χ4v) is 5.31. The molecule has 1 spiro atoms. The Bertz CT molecular complexity index is 910. The number of benzene rings is 1. The Morgan fingerprint density at radius 3 is 2.45 bits per heavy atom. The first kappa shape index (κ1) is 21.9. The SMILES string of the molecule is COc1cc(OC)c(OC)cc1CN1CCC2(CC1)C[C@@H]2C(=O)N(C)Cc1cscn1. The maximum absolute atomic E-state index is 12.9. The Morgan fingerprint density at radius 1 is 1.16 bits per heavy atom. The van der Waals surface area contributed by atoms with E-state index < -0.39 is 0 Å². The Morgan fingerprint density at radius 2 is 1.84 bits per heavy atom. The molecular formula is C23H31N3O4S. The molecule has 0 N–H and O–H groups in total. The lowest BCUT2D eigenvalue weighted by Gasteiger charge is -2.33. The van der Waals surface area contributed by atoms with Gasteiger partial charge in [0.15, 0.2) is 11.5 Å². The van der Waals surface area contributed by atoms with Crippen LogP contribution in [0.25, 0.3) is 0 Å². The second kappa shape index (κ2) is 9.04. The first-order valence-corrected chi connectivity index (χ1v) is 11.6. The monoisotopic (exact) mass is 445 g/mol. The summed E-state index contributed by atoms with van der Waals surface area (Å²) in [7, 11) is 6.85. The highest BCUT2D eigenvalue weighted by molar-refractivity contribution is 7.07. The zero-order chi connectivity index (χ0) is 22.0. The molecule has 0 unspecified atom stereocenters. The molecule has 2 heterocycles. The molecule has 168 valence electrons. The summed E-state index contributed by atoms with van der Waals surface area (Å²) in [6.07, 6.45) is 3.13. The molecule has 4 rings (SSSR count). The van der Waals surface area contributed by atoms with Gasteiger partial charge < -0.3 is 19.1 Å². The van der Waals surface area contributed by atoms with Crippen LogP contribution in [0.1, 0.15) is 30.5 Å². The molecule has 2 aromatic rings. The van der Waals surface area contributed by atoms with E-state index in [1.54, 1.807) is 32.7 Å². The summed E-state index contributed by atoms with van der Waals surface area (Å²) in [5.74, 6) is 2.61. The number of ether oxygens (including phenoxy) is 3. The first-order chi connectivity index (χ1) is 15.0. The van der Waals surface area contributed by atoms with Crippen LogP contribution < -0.4 is 14.2 Å². The second-order valence-electron chi connectivity index (χ2n) is 8.59. The summed E-state index contributed by atoms with van der Waals surface area (Å²) in [5.41, 5.74) is 4.05. The van der Waals surface area contributed by atoms with Crippen LogP contribution in [0.15, 0.2) is 23.0 Å². The maximum atomic E-state index is 12.9. The second-order valence-corrected chi connectivity index (χ2v) is 9.31. The van der Waals surface area contributed by atoms with Crippen molar-refractivity contribution in [1.82, 2.24) is 14.8 Å².